The average molecular weight is 378 g/mol. The van der Waals surface area contributed by atoms with Crippen molar-refractivity contribution in [3.05, 3.63) is 18.6 Å². The maximum Gasteiger partial charge on any atom is 0.303 e. The molecule has 0 bridgehead atoms. The van der Waals surface area contributed by atoms with Gasteiger partial charge in [-0.1, -0.05) is 0 Å². The minimum Gasteiger partial charge on any atom is -0.463 e. The van der Waals surface area contributed by atoms with Gasteiger partial charge in [-0.25, -0.2) is 14.6 Å². The van der Waals surface area contributed by atoms with Crippen LogP contribution in [0.1, 0.15) is 27.0 Å². The summed E-state index contributed by atoms with van der Waals surface area (Å²) < 4.78 is 22.9. The fourth-order valence-corrected chi connectivity index (χ4v) is 2.86. The summed E-state index contributed by atoms with van der Waals surface area (Å²) in [5, 5.41) is 4.21. The van der Waals surface area contributed by atoms with E-state index in [2.05, 4.69) is 15.1 Å². The standard InChI is InChI=1S/C16H18N4O7/c1-8(21)24-7-12-13(25-9(2)22)14(26-10(3)23)16(27-12)20-15-11(6-19-20)17-4-5-18-15/h4-6,12-14,16H,7H2,1-3H3/t12-,13-,14-,16-/m1/s1. The van der Waals surface area contributed by atoms with Gasteiger partial charge in [0.25, 0.3) is 0 Å². The van der Waals surface area contributed by atoms with Crippen molar-refractivity contribution in [1.82, 2.24) is 19.7 Å². The molecule has 0 aliphatic carbocycles. The van der Waals surface area contributed by atoms with E-state index in [9.17, 15) is 14.4 Å². The Morgan fingerprint density at radius 2 is 1.70 bits per heavy atom. The van der Waals surface area contributed by atoms with Crippen molar-refractivity contribution in [2.45, 2.75) is 45.3 Å². The van der Waals surface area contributed by atoms with Crippen molar-refractivity contribution in [2.24, 2.45) is 0 Å². The lowest BCUT2D eigenvalue weighted by Crippen LogP contribution is -2.40. The van der Waals surface area contributed by atoms with E-state index in [1.165, 1.54) is 44.0 Å². The van der Waals surface area contributed by atoms with Crippen molar-refractivity contribution < 1.29 is 33.3 Å². The van der Waals surface area contributed by atoms with Crippen molar-refractivity contribution in [3.8, 4) is 0 Å². The molecule has 1 fully saturated rings. The SMILES string of the molecule is CC(=O)OC[C@H]1O[C@@H](n2ncc3nccnc32)[C@H](OC(C)=O)[C@@H]1OC(C)=O. The Morgan fingerprint density at radius 3 is 2.37 bits per heavy atom. The predicted molar refractivity (Wildman–Crippen MR) is 87.0 cm³/mol. The molecule has 0 N–H and O–H groups in total. The molecule has 0 spiro atoms. The molecular weight excluding hydrogens is 360 g/mol. The molecule has 144 valence electrons. The molecule has 2 aromatic rings. The Kier molecular flexibility index (Phi) is 5.31. The lowest BCUT2D eigenvalue weighted by molar-refractivity contribution is -0.166. The number of rotatable bonds is 5. The lowest BCUT2D eigenvalue weighted by atomic mass is 10.1. The van der Waals surface area contributed by atoms with Crippen LogP contribution < -0.4 is 0 Å². The van der Waals surface area contributed by atoms with Gasteiger partial charge < -0.3 is 18.9 Å². The molecule has 0 amide bonds. The molecule has 0 radical (unpaired) electrons. The van der Waals surface area contributed by atoms with Gasteiger partial charge in [-0.15, -0.1) is 0 Å². The number of aromatic nitrogens is 4. The van der Waals surface area contributed by atoms with Gasteiger partial charge in [0.1, 0.15) is 18.2 Å². The molecule has 1 aliphatic rings. The second-order valence-corrected chi connectivity index (χ2v) is 5.87. The monoisotopic (exact) mass is 378 g/mol. The molecule has 4 atom stereocenters. The summed E-state index contributed by atoms with van der Waals surface area (Å²) in [4.78, 5) is 42.7. The molecule has 1 saturated heterocycles. The van der Waals surface area contributed by atoms with Crippen molar-refractivity contribution in [1.29, 1.82) is 0 Å². The normalized spacial score (nSPS) is 24.6. The molecule has 1 aliphatic heterocycles. The first kappa shape index (κ1) is 18.7. The first-order chi connectivity index (χ1) is 12.9. The molecule has 0 aromatic carbocycles. The fourth-order valence-electron chi connectivity index (χ4n) is 2.86. The highest BCUT2D eigenvalue weighted by molar-refractivity contribution is 5.69. The zero-order valence-electron chi connectivity index (χ0n) is 14.9. The Bertz CT molecular complexity index is 867. The average Bonchev–Trinajstić information content (AvgIpc) is 3.15. The predicted octanol–water partition coefficient (Wildman–Crippen LogP) is 0.150. The maximum atomic E-state index is 11.6. The Hall–Kier alpha value is -3.08. The number of hydrogen-bond acceptors (Lipinski definition) is 10. The first-order valence-corrected chi connectivity index (χ1v) is 8.14. The number of carbonyl (C=O) groups excluding carboxylic acids is 3. The quantitative estimate of drug-likeness (QED) is 0.523. The third-order valence-electron chi connectivity index (χ3n) is 3.81. The molecular formula is C16H18N4O7. The van der Waals surface area contributed by atoms with Crippen LogP contribution in [0, 0.1) is 0 Å². The highest BCUT2D eigenvalue weighted by atomic mass is 16.7. The molecule has 2 aromatic heterocycles. The summed E-state index contributed by atoms with van der Waals surface area (Å²) in [6.45, 7) is 3.50. The van der Waals surface area contributed by atoms with Gasteiger partial charge in [0.15, 0.2) is 24.1 Å². The van der Waals surface area contributed by atoms with Gasteiger partial charge in [0, 0.05) is 33.2 Å². The summed E-state index contributed by atoms with van der Waals surface area (Å²) in [6.07, 6.45) is 0.658. The van der Waals surface area contributed by atoms with Crippen LogP contribution >= 0.6 is 0 Å². The van der Waals surface area contributed by atoms with Crippen LogP contribution in [0.25, 0.3) is 11.2 Å². The molecule has 11 nitrogen and oxygen atoms in total. The number of hydrogen-bond donors (Lipinski definition) is 0. The number of nitrogens with zero attached hydrogens (tertiary/aromatic N) is 4. The fraction of sp³-hybridized carbons (Fsp3) is 0.500. The summed E-state index contributed by atoms with van der Waals surface area (Å²) in [5.74, 6) is -1.72. The molecule has 11 heteroatoms. The van der Waals surface area contributed by atoms with E-state index >= 15 is 0 Å². The third-order valence-corrected chi connectivity index (χ3v) is 3.81. The van der Waals surface area contributed by atoms with E-state index in [0.717, 1.165) is 0 Å². The van der Waals surface area contributed by atoms with Gasteiger partial charge in [-0.3, -0.25) is 14.4 Å². The first-order valence-electron chi connectivity index (χ1n) is 8.14. The van der Waals surface area contributed by atoms with Crippen LogP contribution in [-0.2, 0) is 33.3 Å². The number of carbonyl (C=O) groups is 3. The van der Waals surface area contributed by atoms with E-state index in [-0.39, 0.29) is 6.61 Å². The summed E-state index contributed by atoms with van der Waals surface area (Å²) in [7, 11) is 0. The Labute approximate surface area is 153 Å². The molecule has 0 saturated carbocycles. The van der Waals surface area contributed by atoms with Crippen LogP contribution in [-0.4, -0.2) is 62.6 Å². The number of fused-ring (bicyclic) bond motifs is 1. The van der Waals surface area contributed by atoms with E-state index in [1.54, 1.807) is 0 Å². The lowest BCUT2D eigenvalue weighted by Gasteiger charge is -2.23. The molecule has 3 heterocycles. The maximum absolute atomic E-state index is 11.6. The summed E-state index contributed by atoms with van der Waals surface area (Å²) in [5.41, 5.74) is 0.907. The van der Waals surface area contributed by atoms with Crippen LogP contribution in [0.3, 0.4) is 0 Å². The van der Waals surface area contributed by atoms with Gasteiger partial charge in [-0.2, -0.15) is 5.10 Å². The van der Waals surface area contributed by atoms with Gasteiger partial charge >= 0.3 is 17.9 Å². The largest absolute Gasteiger partial charge is 0.463 e. The van der Waals surface area contributed by atoms with E-state index in [4.69, 9.17) is 18.9 Å². The van der Waals surface area contributed by atoms with Crippen LogP contribution in [0.4, 0.5) is 0 Å². The van der Waals surface area contributed by atoms with Gasteiger partial charge in [-0.05, 0) is 0 Å². The van der Waals surface area contributed by atoms with Gasteiger partial charge in [0.05, 0.1) is 6.20 Å². The van der Waals surface area contributed by atoms with Gasteiger partial charge in [0.2, 0.25) is 0 Å². The second-order valence-electron chi connectivity index (χ2n) is 5.87. The summed E-state index contributed by atoms with van der Waals surface area (Å²) >= 11 is 0. The highest BCUT2D eigenvalue weighted by Crippen LogP contribution is 2.35. The van der Waals surface area contributed by atoms with Crippen LogP contribution in [0.15, 0.2) is 18.6 Å². The molecule has 0 unspecified atom stereocenters. The van der Waals surface area contributed by atoms with Crippen LogP contribution in [0.5, 0.6) is 0 Å². The Balaban J connectivity index is 1.98. The summed E-state index contributed by atoms with van der Waals surface area (Å²) in [6, 6.07) is 0. The zero-order valence-corrected chi connectivity index (χ0v) is 14.9. The number of ether oxygens (including phenoxy) is 4. The van der Waals surface area contributed by atoms with E-state index in [1.807, 2.05) is 0 Å². The zero-order chi connectivity index (χ0) is 19.6. The second kappa shape index (κ2) is 7.66. The van der Waals surface area contributed by atoms with Crippen molar-refractivity contribution in [3.63, 3.8) is 0 Å². The Morgan fingerprint density at radius 1 is 1.04 bits per heavy atom. The highest BCUT2D eigenvalue weighted by Gasteiger charge is 2.51. The van der Waals surface area contributed by atoms with Crippen molar-refractivity contribution in [2.75, 3.05) is 6.61 Å². The number of esters is 3. The minimum atomic E-state index is -1.02. The topological polar surface area (TPSA) is 132 Å². The van der Waals surface area contributed by atoms with E-state index in [0.29, 0.717) is 11.2 Å². The van der Waals surface area contributed by atoms with E-state index < -0.39 is 42.4 Å². The van der Waals surface area contributed by atoms with Crippen molar-refractivity contribution >= 4 is 29.1 Å². The molecule has 3 rings (SSSR count). The third kappa shape index (κ3) is 4.03. The molecule has 27 heavy (non-hydrogen) atoms. The van der Waals surface area contributed by atoms with Crippen LogP contribution in [0.2, 0.25) is 0 Å². The minimum absolute atomic E-state index is 0.188. The smallest absolute Gasteiger partial charge is 0.303 e.